The van der Waals surface area contributed by atoms with Crippen LogP contribution in [0.3, 0.4) is 0 Å². The fourth-order valence-corrected chi connectivity index (χ4v) is 2.21. The summed E-state index contributed by atoms with van der Waals surface area (Å²) in [6.07, 6.45) is 0.981. The van der Waals surface area contributed by atoms with E-state index in [1.807, 2.05) is 12.1 Å². The van der Waals surface area contributed by atoms with E-state index < -0.39 is 0 Å². The first kappa shape index (κ1) is 12.6. The van der Waals surface area contributed by atoms with Crippen LogP contribution < -0.4 is 0 Å². The van der Waals surface area contributed by atoms with Crippen molar-refractivity contribution < 1.29 is 4.79 Å². The lowest BCUT2D eigenvalue weighted by molar-refractivity contribution is -0.109. The molecular weight excluding hydrogens is 236 g/mol. The Bertz CT molecular complexity index is 358. The molecule has 4 heteroatoms. The number of aldehydes is 1. The number of halogens is 1. The number of carbonyl (C=O) groups is 1. The molecule has 1 saturated heterocycles. The molecule has 0 bridgehead atoms. The molecule has 0 aromatic heterocycles. The zero-order valence-electron chi connectivity index (χ0n) is 9.81. The first-order valence-corrected chi connectivity index (χ1v) is 6.28. The van der Waals surface area contributed by atoms with Gasteiger partial charge in [-0.25, -0.2) is 0 Å². The molecule has 0 amide bonds. The lowest BCUT2D eigenvalue weighted by atomic mass is 10.2. The average molecular weight is 253 g/mol. The lowest BCUT2D eigenvalue weighted by Crippen LogP contribution is -2.46. The summed E-state index contributed by atoms with van der Waals surface area (Å²) in [6.45, 7) is 5.53. The van der Waals surface area contributed by atoms with Gasteiger partial charge >= 0.3 is 0 Å². The van der Waals surface area contributed by atoms with Crippen LogP contribution in [-0.4, -0.2) is 48.8 Å². The molecule has 17 heavy (non-hydrogen) atoms. The number of piperazine rings is 1. The summed E-state index contributed by atoms with van der Waals surface area (Å²) >= 11 is 5.85. The number of rotatable bonds is 4. The summed E-state index contributed by atoms with van der Waals surface area (Å²) in [5.41, 5.74) is 1.29. The highest BCUT2D eigenvalue weighted by atomic mass is 35.5. The predicted octanol–water partition coefficient (Wildman–Crippen LogP) is 1.66. The number of carbonyl (C=O) groups excluding carboxylic acids is 1. The Balaban J connectivity index is 1.81. The van der Waals surface area contributed by atoms with Crippen molar-refractivity contribution in [3.8, 4) is 0 Å². The van der Waals surface area contributed by atoms with Crippen LogP contribution in [0.4, 0.5) is 0 Å². The zero-order chi connectivity index (χ0) is 12.1. The van der Waals surface area contributed by atoms with Crippen molar-refractivity contribution in [3.05, 3.63) is 34.9 Å². The molecule has 1 heterocycles. The van der Waals surface area contributed by atoms with Crippen molar-refractivity contribution >= 4 is 17.9 Å². The van der Waals surface area contributed by atoms with E-state index in [-0.39, 0.29) is 0 Å². The molecule has 0 aliphatic carbocycles. The second-order valence-electron chi connectivity index (χ2n) is 4.37. The third kappa shape index (κ3) is 3.80. The molecule has 1 aliphatic heterocycles. The maximum absolute atomic E-state index is 10.4. The van der Waals surface area contributed by atoms with E-state index in [1.54, 1.807) is 0 Å². The van der Waals surface area contributed by atoms with Gasteiger partial charge in [-0.2, -0.15) is 0 Å². The Labute approximate surface area is 107 Å². The molecule has 1 fully saturated rings. The first-order chi connectivity index (χ1) is 8.28. The van der Waals surface area contributed by atoms with Crippen molar-refractivity contribution in [2.24, 2.45) is 0 Å². The lowest BCUT2D eigenvalue weighted by Gasteiger charge is -2.33. The minimum Gasteiger partial charge on any atom is -0.302 e. The van der Waals surface area contributed by atoms with E-state index >= 15 is 0 Å². The molecule has 92 valence electrons. The summed E-state index contributed by atoms with van der Waals surface area (Å²) in [6, 6.07) is 8.00. The minimum absolute atomic E-state index is 0.564. The van der Waals surface area contributed by atoms with Gasteiger partial charge < -0.3 is 4.79 Å². The highest BCUT2D eigenvalue weighted by Gasteiger charge is 2.16. The van der Waals surface area contributed by atoms with Crippen LogP contribution in [0.5, 0.6) is 0 Å². The molecule has 1 aromatic rings. The maximum atomic E-state index is 10.4. The fraction of sp³-hybridized carbons (Fsp3) is 0.462. The fourth-order valence-electron chi connectivity index (χ4n) is 2.08. The third-order valence-electron chi connectivity index (χ3n) is 3.12. The standard InChI is InChI=1S/C13H17ClN2O/c14-13-3-1-12(2-4-13)11-16-7-5-15(6-8-16)9-10-17/h1-4,10H,5-9,11H2. The van der Waals surface area contributed by atoms with Crippen LogP contribution in [0.2, 0.25) is 5.02 Å². The van der Waals surface area contributed by atoms with E-state index in [1.165, 1.54) is 5.56 Å². The maximum Gasteiger partial charge on any atom is 0.133 e. The monoisotopic (exact) mass is 252 g/mol. The number of hydrogen-bond donors (Lipinski definition) is 0. The van der Waals surface area contributed by atoms with Crippen LogP contribution in [0.25, 0.3) is 0 Å². The Morgan fingerprint density at radius 1 is 1.06 bits per heavy atom. The SMILES string of the molecule is O=CCN1CCN(Cc2ccc(Cl)cc2)CC1. The van der Waals surface area contributed by atoms with Crippen LogP contribution in [0.15, 0.2) is 24.3 Å². The van der Waals surface area contributed by atoms with Gasteiger partial charge in [-0.15, -0.1) is 0 Å². The summed E-state index contributed by atoms with van der Waals surface area (Å²) in [7, 11) is 0. The summed E-state index contributed by atoms with van der Waals surface area (Å²) in [4.78, 5) is 15.0. The van der Waals surface area contributed by atoms with Gasteiger partial charge in [0.05, 0.1) is 6.54 Å². The molecule has 3 nitrogen and oxygen atoms in total. The van der Waals surface area contributed by atoms with Gasteiger partial charge in [0, 0.05) is 37.7 Å². The molecule has 0 saturated carbocycles. The molecule has 2 rings (SSSR count). The normalized spacial score (nSPS) is 18.2. The molecule has 0 spiro atoms. The smallest absolute Gasteiger partial charge is 0.133 e. The van der Waals surface area contributed by atoms with Gasteiger partial charge in [0.15, 0.2) is 0 Å². The highest BCUT2D eigenvalue weighted by Crippen LogP contribution is 2.12. The molecule has 0 unspecified atom stereocenters. The summed E-state index contributed by atoms with van der Waals surface area (Å²) in [5.74, 6) is 0. The molecule has 0 N–H and O–H groups in total. The van der Waals surface area contributed by atoms with Crippen molar-refractivity contribution in [3.63, 3.8) is 0 Å². The Morgan fingerprint density at radius 2 is 1.65 bits per heavy atom. The van der Waals surface area contributed by atoms with Gasteiger partial charge in [-0.05, 0) is 17.7 Å². The van der Waals surface area contributed by atoms with Gasteiger partial charge in [-0.1, -0.05) is 23.7 Å². The summed E-state index contributed by atoms with van der Waals surface area (Å²) in [5, 5.41) is 0.782. The zero-order valence-corrected chi connectivity index (χ0v) is 10.6. The Kier molecular flexibility index (Phi) is 4.54. The van der Waals surface area contributed by atoms with Crippen molar-refractivity contribution in [1.82, 2.24) is 9.80 Å². The van der Waals surface area contributed by atoms with Gasteiger partial charge in [0.1, 0.15) is 6.29 Å². The second-order valence-corrected chi connectivity index (χ2v) is 4.81. The van der Waals surface area contributed by atoms with Crippen LogP contribution in [0.1, 0.15) is 5.56 Å². The van der Waals surface area contributed by atoms with E-state index in [0.717, 1.165) is 44.0 Å². The molecule has 0 radical (unpaired) electrons. The molecule has 1 aromatic carbocycles. The average Bonchev–Trinajstić information content (AvgIpc) is 2.35. The Hall–Kier alpha value is -0.900. The number of hydrogen-bond acceptors (Lipinski definition) is 3. The quantitative estimate of drug-likeness (QED) is 0.762. The van der Waals surface area contributed by atoms with E-state index in [0.29, 0.717) is 6.54 Å². The van der Waals surface area contributed by atoms with E-state index in [4.69, 9.17) is 11.6 Å². The van der Waals surface area contributed by atoms with E-state index in [2.05, 4.69) is 21.9 Å². The minimum atomic E-state index is 0.564. The topological polar surface area (TPSA) is 23.6 Å². The second kappa shape index (κ2) is 6.15. The number of nitrogens with zero attached hydrogens (tertiary/aromatic N) is 2. The largest absolute Gasteiger partial charge is 0.302 e. The Morgan fingerprint density at radius 3 is 2.24 bits per heavy atom. The molecular formula is C13H17ClN2O. The van der Waals surface area contributed by atoms with Crippen molar-refractivity contribution in [1.29, 1.82) is 0 Å². The van der Waals surface area contributed by atoms with Gasteiger partial charge in [-0.3, -0.25) is 9.80 Å². The first-order valence-electron chi connectivity index (χ1n) is 5.91. The summed E-state index contributed by atoms with van der Waals surface area (Å²) < 4.78 is 0. The molecule has 1 aliphatic rings. The van der Waals surface area contributed by atoms with Gasteiger partial charge in [0.2, 0.25) is 0 Å². The van der Waals surface area contributed by atoms with Crippen LogP contribution in [-0.2, 0) is 11.3 Å². The third-order valence-corrected chi connectivity index (χ3v) is 3.37. The highest BCUT2D eigenvalue weighted by molar-refractivity contribution is 6.30. The van der Waals surface area contributed by atoms with Gasteiger partial charge in [0.25, 0.3) is 0 Å². The van der Waals surface area contributed by atoms with Crippen LogP contribution in [0, 0.1) is 0 Å². The van der Waals surface area contributed by atoms with E-state index in [9.17, 15) is 4.79 Å². The number of benzene rings is 1. The predicted molar refractivity (Wildman–Crippen MR) is 69.2 cm³/mol. The van der Waals surface area contributed by atoms with Crippen molar-refractivity contribution in [2.75, 3.05) is 32.7 Å². The van der Waals surface area contributed by atoms with Crippen molar-refractivity contribution in [2.45, 2.75) is 6.54 Å². The van der Waals surface area contributed by atoms with Crippen LogP contribution >= 0.6 is 11.6 Å². The molecule has 0 atom stereocenters.